The van der Waals surface area contributed by atoms with Crippen LogP contribution < -0.4 is 5.32 Å². The molecular weight excluding hydrogens is 256 g/mol. The predicted octanol–water partition coefficient (Wildman–Crippen LogP) is 3.07. The van der Waals surface area contributed by atoms with E-state index in [2.05, 4.69) is 5.32 Å². The van der Waals surface area contributed by atoms with Gasteiger partial charge in [-0.1, -0.05) is 31.5 Å². The van der Waals surface area contributed by atoms with E-state index in [9.17, 15) is 15.2 Å². The van der Waals surface area contributed by atoms with Crippen molar-refractivity contribution in [2.75, 3.05) is 11.9 Å². The second kappa shape index (κ2) is 6.56. The molecule has 0 fully saturated rings. The molecular formula is C12H17ClN2O3. The molecule has 0 heterocycles. The van der Waals surface area contributed by atoms with Crippen molar-refractivity contribution >= 4 is 23.0 Å². The number of para-hydroxylation sites is 1. The van der Waals surface area contributed by atoms with Crippen LogP contribution in [0.4, 0.5) is 11.4 Å². The normalized spacial score (nSPS) is 12.5. The highest BCUT2D eigenvalue weighted by Gasteiger charge is 2.20. The van der Waals surface area contributed by atoms with Gasteiger partial charge in [-0.2, -0.15) is 0 Å². The topological polar surface area (TPSA) is 75.4 Å². The lowest BCUT2D eigenvalue weighted by atomic mass is 10.0. The fourth-order valence-corrected chi connectivity index (χ4v) is 2.03. The van der Waals surface area contributed by atoms with Crippen LogP contribution in [0.5, 0.6) is 0 Å². The van der Waals surface area contributed by atoms with Crippen molar-refractivity contribution in [3.8, 4) is 0 Å². The third-order valence-corrected chi connectivity index (χ3v) is 2.81. The molecule has 0 radical (unpaired) electrons. The third kappa shape index (κ3) is 3.85. The zero-order valence-electron chi connectivity index (χ0n) is 10.4. The first kappa shape index (κ1) is 14.7. The molecule has 18 heavy (non-hydrogen) atoms. The van der Waals surface area contributed by atoms with E-state index in [0.717, 1.165) is 6.42 Å². The Morgan fingerprint density at radius 1 is 1.50 bits per heavy atom. The number of rotatable bonds is 6. The van der Waals surface area contributed by atoms with Crippen molar-refractivity contribution in [2.24, 2.45) is 5.92 Å². The first-order chi connectivity index (χ1) is 8.45. The average Bonchev–Trinajstić information content (AvgIpc) is 2.27. The molecule has 1 aromatic carbocycles. The van der Waals surface area contributed by atoms with E-state index < -0.39 is 4.92 Å². The molecule has 0 spiro atoms. The Hall–Kier alpha value is -1.33. The summed E-state index contributed by atoms with van der Waals surface area (Å²) in [5.41, 5.74) is 0.188. The second-order valence-corrected chi connectivity index (χ2v) is 4.95. The third-order valence-electron chi connectivity index (χ3n) is 2.51. The number of benzene rings is 1. The summed E-state index contributed by atoms with van der Waals surface area (Å²) in [6.07, 6.45) is 0.722. The number of halogens is 1. The van der Waals surface area contributed by atoms with E-state index in [1.54, 1.807) is 12.1 Å². The SMILES string of the molecule is CC(C)CC(CO)Nc1cccc(Cl)c1[N+](=O)[O-]. The summed E-state index contributed by atoms with van der Waals surface area (Å²) < 4.78 is 0. The van der Waals surface area contributed by atoms with Crippen LogP contribution >= 0.6 is 11.6 Å². The van der Waals surface area contributed by atoms with E-state index in [1.807, 2.05) is 13.8 Å². The van der Waals surface area contributed by atoms with Crippen LogP contribution in [0, 0.1) is 16.0 Å². The van der Waals surface area contributed by atoms with E-state index in [-0.39, 0.29) is 23.4 Å². The summed E-state index contributed by atoms with van der Waals surface area (Å²) in [5, 5.41) is 23.3. The molecule has 100 valence electrons. The molecule has 0 saturated heterocycles. The summed E-state index contributed by atoms with van der Waals surface area (Å²) in [4.78, 5) is 10.4. The first-order valence-corrected chi connectivity index (χ1v) is 6.13. The Morgan fingerprint density at radius 3 is 2.67 bits per heavy atom. The molecule has 0 aromatic heterocycles. The second-order valence-electron chi connectivity index (χ2n) is 4.55. The fourth-order valence-electron chi connectivity index (χ4n) is 1.79. The summed E-state index contributed by atoms with van der Waals surface area (Å²) in [6, 6.07) is 4.48. The fraction of sp³-hybridized carbons (Fsp3) is 0.500. The van der Waals surface area contributed by atoms with Crippen molar-refractivity contribution in [3.05, 3.63) is 33.3 Å². The summed E-state index contributed by atoms with van der Waals surface area (Å²) >= 11 is 5.81. The quantitative estimate of drug-likeness (QED) is 0.616. The van der Waals surface area contributed by atoms with Gasteiger partial charge in [0, 0.05) is 6.04 Å². The Labute approximate surface area is 111 Å². The highest BCUT2D eigenvalue weighted by Crippen LogP contribution is 2.33. The monoisotopic (exact) mass is 272 g/mol. The lowest BCUT2D eigenvalue weighted by Crippen LogP contribution is -2.26. The molecule has 0 aliphatic rings. The lowest BCUT2D eigenvalue weighted by molar-refractivity contribution is -0.383. The van der Waals surface area contributed by atoms with Crippen molar-refractivity contribution in [2.45, 2.75) is 26.3 Å². The molecule has 0 saturated carbocycles. The molecule has 5 nitrogen and oxygen atoms in total. The van der Waals surface area contributed by atoms with Crippen molar-refractivity contribution in [3.63, 3.8) is 0 Å². The maximum Gasteiger partial charge on any atom is 0.310 e. The van der Waals surface area contributed by atoms with E-state index in [4.69, 9.17) is 11.6 Å². The molecule has 1 rings (SSSR count). The van der Waals surface area contributed by atoms with Gasteiger partial charge in [0.15, 0.2) is 0 Å². The molecule has 0 bridgehead atoms. The predicted molar refractivity (Wildman–Crippen MR) is 72.1 cm³/mol. The number of nitro groups is 1. The standard InChI is InChI=1S/C12H17ClN2O3/c1-8(2)6-9(7-16)14-11-5-3-4-10(13)12(11)15(17)18/h3-5,8-9,14,16H,6-7H2,1-2H3. The number of nitro benzene ring substituents is 1. The number of hydrogen-bond acceptors (Lipinski definition) is 4. The van der Waals surface area contributed by atoms with Gasteiger partial charge in [-0.3, -0.25) is 10.1 Å². The van der Waals surface area contributed by atoms with Crippen molar-refractivity contribution in [1.82, 2.24) is 0 Å². The number of nitrogens with zero attached hydrogens (tertiary/aromatic N) is 1. The number of aliphatic hydroxyl groups excluding tert-OH is 1. The number of nitrogens with one attached hydrogen (secondary N) is 1. The number of aliphatic hydroxyl groups is 1. The molecule has 6 heteroatoms. The zero-order chi connectivity index (χ0) is 13.7. The summed E-state index contributed by atoms with van der Waals surface area (Å²) in [5.74, 6) is 0.382. The van der Waals surface area contributed by atoms with Gasteiger partial charge in [0.2, 0.25) is 0 Å². The maximum atomic E-state index is 11.0. The minimum absolute atomic E-state index is 0.0815. The van der Waals surface area contributed by atoms with E-state index >= 15 is 0 Å². The van der Waals surface area contributed by atoms with Crippen molar-refractivity contribution < 1.29 is 10.0 Å². The minimum Gasteiger partial charge on any atom is -0.394 e. The smallest absolute Gasteiger partial charge is 0.310 e. The Balaban J connectivity index is 2.95. The maximum absolute atomic E-state index is 11.0. The van der Waals surface area contributed by atoms with E-state index in [0.29, 0.717) is 11.6 Å². The van der Waals surface area contributed by atoms with Gasteiger partial charge in [-0.05, 0) is 24.5 Å². The van der Waals surface area contributed by atoms with Crippen LogP contribution in [0.1, 0.15) is 20.3 Å². The molecule has 1 atom stereocenters. The van der Waals surface area contributed by atoms with Gasteiger partial charge in [0.1, 0.15) is 10.7 Å². The van der Waals surface area contributed by atoms with Gasteiger partial charge < -0.3 is 10.4 Å². The molecule has 0 aliphatic heterocycles. The highest BCUT2D eigenvalue weighted by atomic mass is 35.5. The summed E-state index contributed by atoms with van der Waals surface area (Å²) in [7, 11) is 0. The zero-order valence-corrected chi connectivity index (χ0v) is 11.1. The van der Waals surface area contributed by atoms with Crippen LogP contribution in [-0.2, 0) is 0 Å². The highest BCUT2D eigenvalue weighted by molar-refractivity contribution is 6.33. The van der Waals surface area contributed by atoms with Gasteiger partial charge in [0.25, 0.3) is 0 Å². The number of hydrogen-bond donors (Lipinski definition) is 2. The van der Waals surface area contributed by atoms with Gasteiger partial charge >= 0.3 is 5.69 Å². The average molecular weight is 273 g/mol. The molecule has 1 aromatic rings. The molecule has 1 unspecified atom stereocenters. The molecule has 0 amide bonds. The van der Waals surface area contributed by atoms with Crippen LogP contribution in [0.2, 0.25) is 5.02 Å². The number of anilines is 1. The van der Waals surface area contributed by atoms with Crippen LogP contribution in [0.25, 0.3) is 0 Å². The van der Waals surface area contributed by atoms with Gasteiger partial charge in [-0.15, -0.1) is 0 Å². The van der Waals surface area contributed by atoms with Crippen LogP contribution in [0.3, 0.4) is 0 Å². The Morgan fingerprint density at radius 2 is 2.17 bits per heavy atom. The Kier molecular flexibility index (Phi) is 5.37. The molecule has 0 aliphatic carbocycles. The minimum atomic E-state index is -0.519. The summed E-state index contributed by atoms with van der Waals surface area (Å²) in [6.45, 7) is 3.97. The molecule has 2 N–H and O–H groups in total. The van der Waals surface area contributed by atoms with E-state index in [1.165, 1.54) is 6.07 Å². The van der Waals surface area contributed by atoms with Crippen LogP contribution in [-0.4, -0.2) is 22.7 Å². The van der Waals surface area contributed by atoms with Crippen LogP contribution in [0.15, 0.2) is 18.2 Å². The van der Waals surface area contributed by atoms with Crippen molar-refractivity contribution in [1.29, 1.82) is 0 Å². The van der Waals surface area contributed by atoms with Gasteiger partial charge in [-0.25, -0.2) is 0 Å². The lowest BCUT2D eigenvalue weighted by Gasteiger charge is -2.19. The largest absolute Gasteiger partial charge is 0.394 e. The Bertz CT molecular complexity index is 424. The van der Waals surface area contributed by atoms with Gasteiger partial charge in [0.05, 0.1) is 11.5 Å². The first-order valence-electron chi connectivity index (χ1n) is 5.76.